The van der Waals surface area contributed by atoms with Crippen molar-refractivity contribution in [3.8, 4) is 0 Å². The van der Waals surface area contributed by atoms with Crippen LogP contribution in [0.3, 0.4) is 0 Å². The van der Waals surface area contributed by atoms with Gasteiger partial charge >= 0.3 is 6.03 Å². The predicted octanol–water partition coefficient (Wildman–Crippen LogP) is 28.5. The fourth-order valence-corrected chi connectivity index (χ4v) is 16.3. The molecule has 0 spiro atoms. The van der Waals surface area contributed by atoms with E-state index in [-0.39, 0.29) is 35.7 Å². The number of nitrogens with zero attached hydrogens (tertiary/aromatic N) is 2. The number of nitrogens with one attached hydrogen (secondary N) is 3. The third-order valence-corrected chi connectivity index (χ3v) is 25.0. The van der Waals surface area contributed by atoms with Crippen LogP contribution in [0.4, 0.5) is 4.79 Å². The highest BCUT2D eigenvalue weighted by Gasteiger charge is 2.38. The molecule has 0 aromatic heterocycles. The SMILES string of the molecule is CCCCCC=CCC=CCCCCCCCCCC(CCCCCCCCC=CCC=CCCCCC)CCC(O)CNC(=O)C(C)C(C)CCCN(CCCN)CCCN(CCCN)CCCNC(=O)NCC(O)C(C)(CCCCCCCCC=CCC=CCCCCC)C(C)CCCCCCCCC=CCC=CCCCCC. The van der Waals surface area contributed by atoms with Gasteiger partial charge in [-0.25, -0.2) is 4.79 Å². The molecular formula is C105H199N7O4. The van der Waals surface area contributed by atoms with E-state index in [1.807, 2.05) is 0 Å². The highest BCUT2D eigenvalue weighted by atomic mass is 16.3. The van der Waals surface area contributed by atoms with Crippen LogP contribution in [0.1, 0.15) is 447 Å². The molecule has 0 aromatic carbocycles. The monoisotopic (exact) mass is 1620 g/mol. The summed E-state index contributed by atoms with van der Waals surface area (Å²) < 4.78 is 0. The number of aliphatic hydroxyl groups excluding tert-OH is 2. The minimum absolute atomic E-state index is 0.0593. The summed E-state index contributed by atoms with van der Waals surface area (Å²) >= 11 is 0. The van der Waals surface area contributed by atoms with Gasteiger partial charge in [0.25, 0.3) is 0 Å². The Morgan fingerprint density at radius 1 is 0.336 bits per heavy atom. The van der Waals surface area contributed by atoms with Crippen LogP contribution in [-0.2, 0) is 4.79 Å². The molecule has 0 saturated carbocycles. The lowest BCUT2D eigenvalue weighted by Gasteiger charge is -2.40. The number of amides is 3. The van der Waals surface area contributed by atoms with Crippen molar-refractivity contribution in [1.29, 1.82) is 0 Å². The smallest absolute Gasteiger partial charge is 0.314 e. The summed E-state index contributed by atoms with van der Waals surface area (Å²) in [6.07, 6.45) is 110. The van der Waals surface area contributed by atoms with E-state index in [1.54, 1.807) is 0 Å². The number of aliphatic hydroxyl groups is 2. The Labute approximate surface area is 722 Å². The van der Waals surface area contributed by atoms with E-state index in [2.05, 4.69) is 178 Å². The normalized spacial score (nSPS) is 14.6. The van der Waals surface area contributed by atoms with Crippen LogP contribution in [0, 0.1) is 29.1 Å². The summed E-state index contributed by atoms with van der Waals surface area (Å²) in [7, 11) is 0. The van der Waals surface area contributed by atoms with Gasteiger partial charge in [-0.05, 0) is 262 Å². The summed E-state index contributed by atoms with van der Waals surface area (Å²) in [5.41, 5.74) is 11.9. The first kappa shape index (κ1) is 112. The number of hydrogen-bond acceptors (Lipinski definition) is 8. The number of carbonyl (C=O) groups excluding carboxylic acids is 2. The molecule has 9 N–H and O–H groups in total. The number of urea groups is 1. The van der Waals surface area contributed by atoms with Gasteiger partial charge in [-0.3, -0.25) is 4.79 Å². The summed E-state index contributed by atoms with van der Waals surface area (Å²) in [5.74, 6) is 1.16. The van der Waals surface area contributed by atoms with Crippen LogP contribution >= 0.6 is 0 Å². The van der Waals surface area contributed by atoms with Crippen molar-refractivity contribution in [2.75, 3.05) is 72.0 Å². The van der Waals surface area contributed by atoms with Gasteiger partial charge in [-0.1, -0.05) is 358 Å². The Balaban J connectivity index is 5.26. The van der Waals surface area contributed by atoms with Gasteiger partial charge in [0, 0.05) is 25.6 Å². The lowest BCUT2D eigenvalue weighted by molar-refractivity contribution is -0.126. The summed E-state index contributed by atoms with van der Waals surface area (Å²) in [4.78, 5) is 32.1. The molecule has 0 aliphatic carbocycles. The molecule has 0 radical (unpaired) electrons. The molecular weight excluding hydrogens is 1420 g/mol. The maximum atomic E-state index is 13.6. The summed E-state index contributed by atoms with van der Waals surface area (Å²) in [6.45, 7) is 26.2. The van der Waals surface area contributed by atoms with E-state index >= 15 is 0 Å². The van der Waals surface area contributed by atoms with E-state index in [0.717, 1.165) is 136 Å². The molecule has 678 valence electrons. The largest absolute Gasteiger partial charge is 0.391 e. The quantitative estimate of drug-likeness (QED) is 0.0233. The van der Waals surface area contributed by atoms with Gasteiger partial charge in [-0.2, -0.15) is 0 Å². The van der Waals surface area contributed by atoms with Crippen LogP contribution in [0.2, 0.25) is 0 Å². The van der Waals surface area contributed by atoms with Crippen LogP contribution in [0.25, 0.3) is 0 Å². The number of unbranched alkanes of at least 4 members (excludes halogenated alkanes) is 37. The maximum Gasteiger partial charge on any atom is 0.314 e. The van der Waals surface area contributed by atoms with Crippen molar-refractivity contribution < 1.29 is 19.8 Å². The molecule has 11 heteroatoms. The first-order valence-corrected chi connectivity index (χ1v) is 50.5. The zero-order chi connectivity index (χ0) is 84.6. The number of carbonyl (C=O) groups is 2. The summed E-state index contributed by atoms with van der Waals surface area (Å²) in [6, 6.07) is -0.198. The highest BCUT2D eigenvalue weighted by Crippen LogP contribution is 2.40. The molecule has 116 heavy (non-hydrogen) atoms. The van der Waals surface area contributed by atoms with Gasteiger partial charge in [0.15, 0.2) is 0 Å². The number of rotatable bonds is 90. The molecule has 0 fully saturated rings. The van der Waals surface area contributed by atoms with Crippen LogP contribution < -0.4 is 27.4 Å². The molecule has 0 aliphatic rings. The maximum absolute atomic E-state index is 13.6. The predicted molar refractivity (Wildman–Crippen MR) is 514 cm³/mol. The molecule has 0 rings (SSSR count). The van der Waals surface area contributed by atoms with E-state index in [9.17, 15) is 19.8 Å². The molecule has 0 aliphatic heterocycles. The molecule has 0 heterocycles. The van der Waals surface area contributed by atoms with Crippen LogP contribution in [0.15, 0.2) is 97.2 Å². The topological polar surface area (TPSA) is 169 Å². The minimum Gasteiger partial charge on any atom is -0.391 e. The highest BCUT2D eigenvalue weighted by molar-refractivity contribution is 5.78. The standard InChI is InChI=1S/C105H199N7O4/c1-9-13-17-21-25-29-33-37-41-45-48-52-56-60-64-68-72-82-100(81-71-67-63-59-55-51-47-43-39-35-31-27-23-19-15-11-3)83-84-101(113)95-109-103(115)99(7)97(5)79-74-89-111(90-75-86-106)93-78-94-112(91-76-87-107)92-77-88-108-104(116)110-96-102(114)105(8,85-73-69-65-61-57-53-49-44-40-36-32-28-24-20-16-12-4)98(6)80-70-66-62-58-54-50-46-42-38-34-30-26-22-18-14-10-2/h25-32,37-44,97-102,113-114H,9-24,33-36,45-96,106-107H2,1-8H3,(H,109,115)(H2,108,110,116). The van der Waals surface area contributed by atoms with Gasteiger partial charge < -0.3 is 47.4 Å². The molecule has 7 atom stereocenters. The van der Waals surface area contributed by atoms with Crippen molar-refractivity contribution in [2.24, 2.45) is 40.6 Å². The van der Waals surface area contributed by atoms with Gasteiger partial charge in [0.1, 0.15) is 0 Å². The van der Waals surface area contributed by atoms with E-state index < -0.39 is 12.2 Å². The van der Waals surface area contributed by atoms with Gasteiger partial charge in [0.2, 0.25) is 5.91 Å². The van der Waals surface area contributed by atoms with E-state index in [1.165, 1.54) is 295 Å². The second-order valence-corrected chi connectivity index (χ2v) is 35.8. The van der Waals surface area contributed by atoms with Crippen molar-refractivity contribution in [3.63, 3.8) is 0 Å². The van der Waals surface area contributed by atoms with Gasteiger partial charge in [0.05, 0.1) is 12.2 Å². The zero-order valence-corrected chi connectivity index (χ0v) is 78.4. The fourth-order valence-electron chi connectivity index (χ4n) is 16.3. The number of nitrogens with two attached hydrogens (primary N) is 2. The molecule has 11 nitrogen and oxygen atoms in total. The van der Waals surface area contributed by atoms with E-state index in [0.29, 0.717) is 38.0 Å². The molecule has 7 unspecified atom stereocenters. The second kappa shape index (κ2) is 89.2. The van der Waals surface area contributed by atoms with Crippen molar-refractivity contribution >= 4 is 11.9 Å². The molecule has 0 saturated heterocycles. The van der Waals surface area contributed by atoms with E-state index in [4.69, 9.17) is 11.5 Å². The van der Waals surface area contributed by atoms with Crippen LogP contribution in [0.5, 0.6) is 0 Å². The van der Waals surface area contributed by atoms with Crippen molar-refractivity contribution in [2.45, 2.75) is 459 Å². The van der Waals surface area contributed by atoms with Crippen molar-refractivity contribution in [1.82, 2.24) is 25.8 Å². The second-order valence-electron chi connectivity index (χ2n) is 35.8. The van der Waals surface area contributed by atoms with Gasteiger partial charge in [-0.15, -0.1) is 0 Å². The average Bonchev–Trinajstić information content (AvgIpc) is 0.827. The fraction of sp³-hybridized carbons (Fsp3) is 0.829. The Kier molecular flexibility index (Phi) is 86.4. The van der Waals surface area contributed by atoms with Crippen LogP contribution in [-0.4, -0.2) is 116 Å². The molecule has 0 bridgehead atoms. The Morgan fingerprint density at radius 3 is 1.04 bits per heavy atom. The van der Waals surface area contributed by atoms with Crippen molar-refractivity contribution in [3.05, 3.63) is 97.2 Å². The lowest BCUT2D eigenvalue weighted by atomic mass is 9.68. The zero-order valence-electron chi connectivity index (χ0n) is 78.4. The molecule has 3 amide bonds. The first-order chi connectivity index (χ1) is 56.8. The third-order valence-electron chi connectivity index (χ3n) is 25.0. The third kappa shape index (κ3) is 75.4. The minimum atomic E-state index is -0.618. The number of hydrogen-bond donors (Lipinski definition) is 7. The Morgan fingerprint density at radius 2 is 0.664 bits per heavy atom. The first-order valence-electron chi connectivity index (χ1n) is 50.5. The lowest BCUT2D eigenvalue weighted by Crippen LogP contribution is -2.48. The average molecular weight is 1620 g/mol. The Hall–Kier alpha value is -3.58. The Bertz CT molecular complexity index is 2310. The summed E-state index contributed by atoms with van der Waals surface area (Å²) in [5, 5.41) is 32.8. The molecule has 0 aromatic rings. The number of allylic oxidation sites excluding steroid dienone is 16.